The molecule has 0 aliphatic carbocycles. The van der Waals surface area contributed by atoms with E-state index >= 15 is 0 Å². The Labute approximate surface area is 231 Å². The summed E-state index contributed by atoms with van der Waals surface area (Å²) in [6.45, 7) is 2.87. The highest BCUT2D eigenvalue weighted by Crippen LogP contribution is 2.35. The third-order valence-electron chi connectivity index (χ3n) is 6.95. The third-order valence-corrected chi connectivity index (χ3v) is 6.95. The zero-order valence-electron chi connectivity index (χ0n) is 22.3. The van der Waals surface area contributed by atoms with E-state index in [4.69, 9.17) is 15.2 Å². The molecule has 0 radical (unpaired) electrons. The second-order valence-electron chi connectivity index (χ2n) is 9.93. The lowest BCUT2D eigenvalue weighted by Crippen LogP contribution is -2.44. The van der Waals surface area contributed by atoms with Crippen molar-refractivity contribution < 1.29 is 23.8 Å². The van der Waals surface area contributed by atoms with E-state index < -0.39 is 11.7 Å². The Morgan fingerprint density at radius 2 is 2.15 bits per heavy atom. The van der Waals surface area contributed by atoms with E-state index in [1.807, 2.05) is 6.07 Å². The van der Waals surface area contributed by atoms with Gasteiger partial charge in [0.2, 0.25) is 0 Å². The average molecular weight is 551 g/mol. The summed E-state index contributed by atoms with van der Waals surface area (Å²) in [5, 5.41) is 18.3. The van der Waals surface area contributed by atoms with E-state index in [1.165, 1.54) is 18.5 Å². The summed E-state index contributed by atoms with van der Waals surface area (Å²) in [6, 6.07) is 9.50. The number of aliphatic hydroxyl groups excluding tert-OH is 1. The van der Waals surface area contributed by atoms with Crippen LogP contribution in [-0.2, 0) is 4.79 Å². The minimum absolute atomic E-state index is 0.178. The van der Waals surface area contributed by atoms with Crippen LogP contribution >= 0.6 is 0 Å². The van der Waals surface area contributed by atoms with Gasteiger partial charge in [0.15, 0.2) is 29.9 Å². The van der Waals surface area contributed by atoms with Crippen molar-refractivity contribution in [1.29, 1.82) is 0 Å². The summed E-state index contributed by atoms with van der Waals surface area (Å²) in [5.74, 6) is 0.572. The van der Waals surface area contributed by atoms with Crippen molar-refractivity contribution in [2.75, 3.05) is 45.2 Å². The number of ether oxygens (including phenoxy) is 2. The number of nitrogens with two attached hydrogens (primary N) is 1. The van der Waals surface area contributed by atoms with Crippen LogP contribution in [-0.4, -0.2) is 78.1 Å². The lowest BCUT2D eigenvalue weighted by Gasteiger charge is -2.29. The number of anilines is 1. The molecule has 1 aromatic heterocycles. The molecule has 3 aromatic rings. The Morgan fingerprint density at radius 3 is 2.92 bits per heavy atom. The topological polar surface area (TPSA) is 135 Å². The van der Waals surface area contributed by atoms with E-state index in [0.29, 0.717) is 52.8 Å². The molecule has 5 rings (SSSR count). The number of nitrogens with one attached hydrogen (secondary N) is 1. The number of methoxy groups -OCH3 is 1. The Morgan fingerprint density at radius 1 is 1.27 bits per heavy atom. The number of nitrogens with zero attached hydrogens (tertiary/aromatic N) is 5. The quantitative estimate of drug-likeness (QED) is 0.245. The molecule has 210 valence electrons. The van der Waals surface area contributed by atoms with E-state index in [0.717, 1.165) is 32.4 Å². The molecule has 1 saturated heterocycles. The van der Waals surface area contributed by atoms with Gasteiger partial charge in [0.1, 0.15) is 29.9 Å². The zero-order valence-corrected chi connectivity index (χ0v) is 22.3. The number of piperidine rings is 1. The van der Waals surface area contributed by atoms with Gasteiger partial charge in [0.05, 0.1) is 25.3 Å². The van der Waals surface area contributed by atoms with Crippen molar-refractivity contribution in [2.24, 2.45) is 10.8 Å². The van der Waals surface area contributed by atoms with Gasteiger partial charge in [-0.25, -0.2) is 14.4 Å². The highest BCUT2D eigenvalue weighted by Gasteiger charge is 2.36. The summed E-state index contributed by atoms with van der Waals surface area (Å²) in [5.41, 5.74) is 7.16. The molecule has 0 bridgehead atoms. The molecule has 2 unspecified atom stereocenters. The van der Waals surface area contributed by atoms with Gasteiger partial charge in [0, 0.05) is 36.7 Å². The second-order valence-corrected chi connectivity index (χ2v) is 9.93. The number of aliphatic hydroxyl groups is 1. The van der Waals surface area contributed by atoms with Crippen molar-refractivity contribution in [3.05, 3.63) is 60.4 Å². The molecule has 12 heteroatoms. The SMILES string of the molecule is COc1cc2c(NC3=C[N+](CC(N)=O)(c4cccc(F)c4)N=C3)ncnc2cc1OCCCN1CCCC(O)C1. The predicted octanol–water partition coefficient (Wildman–Crippen LogP) is 2.75. The van der Waals surface area contributed by atoms with Gasteiger partial charge in [-0.3, -0.25) is 4.79 Å². The molecule has 2 aliphatic rings. The first-order chi connectivity index (χ1) is 19.3. The number of amides is 1. The lowest BCUT2D eigenvalue weighted by molar-refractivity contribution is -0.118. The first kappa shape index (κ1) is 27.4. The standard InChI is InChI=1S/C28H32FN7O4/c1-39-25-12-23-24(13-26(25)40-10-4-9-35-8-3-7-22(37)15-35)31-18-32-28(23)34-20-14-33-36(16-20,17-27(30)38)21-6-2-5-19(29)11-21/h2,5-6,11-14,16,18,22,37H,3-4,7-10,15,17H2,1H3,(H2-,30,31,32,34,38)/p+1. The number of hydrogen-bond acceptors (Lipinski definition) is 9. The molecule has 4 N–H and O–H groups in total. The average Bonchev–Trinajstić information content (AvgIpc) is 3.33. The van der Waals surface area contributed by atoms with Gasteiger partial charge < -0.3 is 30.5 Å². The molecule has 11 nitrogen and oxygen atoms in total. The molecular formula is C28H33FN7O4+. The molecule has 1 fully saturated rings. The van der Waals surface area contributed by atoms with Crippen molar-refractivity contribution in [2.45, 2.75) is 25.4 Å². The number of primary amides is 1. The monoisotopic (exact) mass is 550 g/mol. The summed E-state index contributed by atoms with van der Waals surface area (Å²) < 4.78 is 25.3. The van der Waals surface area contributed by atoms with Crippen LogP contribution in [0.15, 0.2) is 59.7 Å². The summed E-state index contributed by atoms with van der Waals surface area (Å²) in [6.07, 6.45) is 7.12. The van der Waals surface area contributed by atoms with Crippen molar-refractivity contribution in [3.8, 4) is 11.5 Å². The number of hydrogen-bond donors (Lipinski definition) is 3. The van der Waals surface area contributed by atoms with Crippen LogP contribution in [0, 0.1) is 5.82 Å². The van der Waals surface area contributed by atoms with Crippen molar-refractivity contribution >= 4 is 34.5 Å². The predicted molar refractivity (Wildman–Crippen MR) is 150 cm³/mol. The molecule has 2 atom stereocenters. The van der Waals surface area contributed by atoms with Gasteiger partial charge in [0.25, 0.3) is 5.91 Å². The number of carbonyl (C=O) groups is 1. The van der Waals surface area contributed by atoms with E-state index in [1.54, 1.807) is 37.7 Å². The van der Waals surface area contributed by atoms with Gasteiger partial charge in [-0.2, -0.15) is 0 Å². The Hall–Kier alpha value is -4.13. The number of carbonyl (C=O) groups excluding carboxylic acids is 1. The molecule has 1 amide bonds. The Kier molecular flexibility index (Phi) is 8.19. The molecule has 0 spiro atoms. The fourth-order valence-corrected chi connectivity index (χ4v) is 5.08. The molecule has 2 aliphatic heterocycles. The van der Waals surface area contributed by atoms with Crippen LogP contribution in [0.4, 0.5) is 15.9 Å². The first-order valence-corrected chi connectivity index (χ1v) is 13.2. The maximum absolute atomic E-state index is 14.0. The molecule has 0 saturated carbocycles. The number of aromatic nitrogens is 2. The van der Waals surface area contributed by atoms with E-state index in [9.17, 15) is 14.3 Å². The van der Waals surface area contributed by atoms with Crippen LogP contribution < -0.4 is 25.1 Å². The number of allylic oxidation sites excluding steroid dienone is 1. The largest absolute Gasteiger partial charge is 0.493 e. The number of halogens is 1. The van der Waals surface area contributed by atoms with Crippen molar-refractivity contribution in [1.82, 2.24) is 19.5 Å². The summed E-state index contributed by atoms with van der Waals surface area (Å²) in [7, 11) is 1.57. The smallest absolute Gasteiger partial charge is 0.276 e. The number of likely N-dealkylation sites (tertiary alicyclic amines) is 1. The number of rotatable bonds is 11. The van der Waals surface area contributed by atoms with Gasteiger partial charge in [-0.05, 0) is 37.9 Å². The molecular weight excluding hydrogens is 517 g/mol. The zero-order chi connectivity index (χ0) is 28.1. The van der Waals surface area contributed by atoms with Crippen LogP contribution in [0.25, 0.3) is 10.9 Å². The fourth-order valence-electron chi connectivity index (χ4n) is 5.08. The van der Waals surface area contributed by atoms with E-state index in [2.05, 4.69) is 25.3 Å². The second kappa shape index (κ2) is 11.9. The maximum Gasteiger partial charge on any atom is 0.276 e. The van der Waals surface area contributed by atoms with E-state index in [-0.39, 0.29) is 17.2 Å². The fraction of sp³-hybridized carbons (Fsp3) is 0.357. The normalized spacial score (nSPS) is 20.9. The first-order valence-electron chi connectivity index (χ1n) is 13.2. The maximum atomic E-state index is 14.0. The lowest BCUT2D eigenvalue weighted by atomic mass is 10.1. The number of fused-ring (bicyclic) bond motifs is 1. The van der Waals surface area contributed by atoms with Gasteiger partial charge in [-0.1, -0.05) is 11.2 Å². The highest BCUT2D eigenvalue weighted by molar-refractivity contribution is 5.96. The summed E-state index contributed by atoms with van der Waals surface area (Å²) in [4.78, 5) is 22.9. The minimum Gasteiger partial charge on any atom is -0.493 e. The molecule has 3 heterocycles. The summed E-state index contributed by atoms with van der Waals surface area (Å²) >= 11 is 0. The van der Waals surface area contributed by atoms with Gasteiger partial charge in [-0.15, -0.1) is 4.59 Å². The third kappa shape index (κ3) is 6.19. The number of quaternary nitrogens is 1. The number of benzene rings is 2. The van der Waals surface area contributed by atoms with Crippen LogP contribution in [0.3, 0.4) is 0 Å². The Bertz CT molecular complexity index is 1450. The van der Waals surface area contributed by atoms with Gasteiger partial charge >= 0.3 is 0 Å². The van der Waals surface area contributed by atoms with Crippen LogP contribution in [0.2, 0.25) is 0 Å². The Balaban J connectivity index is 1.33. The van der Waals surface area contributed by atoms with Crippen LogP contribution in [0.5, 0.6) is 11.5 Å². The van der Waals surface area contributed by atoms with Crippen molar-refractivity contribution in [3.63, 3.8) is 0 Å². The highest BCUT2D eigenvalue weighted by atomic mass is 19.1. The minimum atomic E-state index is -0.586. The molecule has 40 heavy (non-hydrogen) atoms. The van der Waals surface area contributed by atoms with Crippen LogP contribution in [0.1, 0.15) is 19.3 Å². The number of β-amino-alcohol motifs (C(OH)–C–C–N with tert-alkyl or cyclic N) is 1. The molecule has 2 aromatic carbocycles.